The summed E-state index contributed by atoms with van der Waals surface area (Å²) >= 11 is 0. The van der Waals surface area contributed by atoms with Gasteiger partial charge in [0.05, 0.1) is 13.0 Å². The lowest BCUT2D eigenvalue weighted by Gasteiger charge is -2.19. The molecule has 4 N–H and O–H groups in total. The number of carbonyl (C=O) groups is 2. The number of urea groups is 1. The molecule has 7 heteroatoms. The largest absolute Gasteiger partial charge is 0.480 e. The van der Waals surface area contributed by atoms with Gasteiger partial charge in [0.1, 0.15) is 5.69 Å². The van der Waals surface area contributed by atoms with E-state index < -0.39 is 6.03 Å². The average Bonchev–Trinajstić information content (AvgIpc) is 2.87. The topological polar surface area (TPSA) is 106 Å². The molecule has 1 aliphatic carbocycles. The van der Waals surface area contributed by atoms with Crippen LogP contribution < -0.4 is 21.1 Å². The second-order valence-corrected chi connectivity index (χ2v) is 4.70. The standard InChI is InChI=1S/C13H18N4O3/c1-20-12-10(6-3-7-15-12)17-13(19)16-9-5-2-4-8(9)11(14)18/h3,6-9H,2,4-5H2,1H3,(H2,14,18)(H2,16,17,19)/t8-,9-/m1/s1. The van der Waals surface area contributed by atoms with Crippen molar-refractivity contribution in [2.45, 2.75) is 25.3 Å². The van der Waals surface area contributed by atoms with Crippen LogP contribution in [0.15, 0.2) is 18.3 Å². The number of nitrogens with one attached hydrogen (secondary N) is 2. The fourth-order valence-electron chi connectivity index (χ4n) is 2.45. The maximum atomic E-state index is 11.9. The van der Waals surface area contributed by atoms with Crippen LogP contribution in [0.3, 0.4) is 0 Å². The molecule has 0 aliphatic heterocycles. The summed E-state index contributed by atoms with van der Waals surface area (Å²) in [5, 5.41) is 5.43. The number of primary amides is 1. The Morgan fingerprint density at radius 1 is 1.45 bits per heavy atom. The van der Waals surface area contributed by atoms with Crippen molar-refractivity contribution in [1.82, 2.24) is 10.3 Å². The molecule has 1 saturated carbocycles. The van der Waals surface area contributed by atoms with Gasteiger partial charge < -0.3 is 21.1 Å². The first-order chi connectivity index (χ1) is 9.61. The Morgan fingerprint density at radius 2 is 2.25 bits per heavy atom. The first-order valence-electron chi connectivity index (χ1n) is 6.47. The van der Waals surface area contributed by atoms with Crippen LogP contribution in [0.2, 0.25) is 0 Å². The summed E-state index contributed by atoms with van der Waals surface area (Å²) in [5.74, 6) is -0.330. The van der Waals surface area contributed by atoms with Crippen molar-refractivity contribution in [3.05, 3.63) is 18.3 Å². The van der Waals surface area contributed by atoms with Crippen molar-refractivity contribution in [3.63, 3.8) is 0 Å². The molecule has 20 heavy (non-hydrogen) atoms. The van der Waals surface area contributed by atoms with E-state index in [2.05, 4.69) is 15.6 Å². The van der Waals surface area contributed by atoms with E-state index in [1.54, 1.807) is 18.3 Å². The number of hydrogen-bond acceptors (Lipinski definition) is 4. The van der Waals surface area contributed by atoms with E-state index >= 15 is 0 Å². The second-order valence-electron chi connectivity index (χ2n) is 4.70. The van der Waals surface area contributed by atoms with Crippen LogP contribution in [-0.2, 0) is 4.79 Å². The monoisotopic (exact) mass is 278 g/mol. The van der Waals surface area contributed by atoms with Crippen LogP contribution in [0.1, 0.15) is 19.3 Å². The van der Waals surface area contributed by atoms with Crippen molar-refractivity contribution in [3.8, 4) is 5.88 Å². The molecule has 1 aromatic rings. The van der Waals surface area contributed by atoms with E-state index in [0.29, 0.717) is 11.6 Å². The lowest BCUT2D eigenvalue weighted by atomic mass is 10.0. The van der Waals surface area contributed by atoms with Crippen LogP contribution in [0, 0.1) is 5.92 Å². The molecular formula is C13H18N4O3. The third kappa shape index (κ3) is 3.17. The van der Waals surface area contributed by atoms with E-state index in [4.69, 9.17) is 10.5 Å². The number of nitrogens with zero attached hydrogens (tertiary/aromatic N) is 1. The minimum atomic E-state index is -0.394. The maximum Gasteiger partial charge on any atom is 0.319 e. The summed E-state index contributed by atoms with van der Waals surface area (Å²) in [4.78, 5) is 27.2. The quantitative estimate of drug-likeness (QED) is 0.759. The highest BCUT2D eigenvalue weighted by atomic mass is 16.5. The van der Waals surface area contributed by atoms with Gasteiger partial charge in [-0.2, -0.15) is 0 Å². The Hall–Kier alpha value is -2.31. The zero-order chi connectivity index (χ0) is 14.5. The lowest BCUT2D eigenvalue weighted by Crippen LogP contribution is -2.44. The van der Waals surface area contributed by atoms with E-state index in [0.717, 1.165) is 19.3 Å². The third-order valence-corrected chi connectivity index (χ3v) is 3.41. The molecule has 0 saturated heterocycles. The first kappa shape index (κ1) is 14.1. The van der Waals surface area contributed by atoms with E-state index in [9.17, 15) is 9.59 Å². The van der Waals surface area contributed by atoms with E-state index in [-0.39, 0.29) is 17.9 Å². The minimum absolute atomic E-state index is 0.213. The fraction of sp³-hybridized carbons (Fsp3) is 0.462. The van der Waals surface area contributed by atoms with Crippen molar-refractivity contribution < 1.29 is 14.3 Å². The molecule has 0 aromatic carbocycles. The molecule has 0 unspecified atom stereocenters. The number of ether oxygens (including phenoxy) is 1. The number of anilines is 1. The molecule has 2 rings (SSSR count). The summed E-state index contributed by atoms with van der Waals surface area (Å²) in [5.41, 5.74) is 5.79. The van der Waals surface area contributed by atoms with Gasteiger partial charge in [-0.25, -0.2) is 9.78 Å². The van der Waals surface area contributed by atoms with Crippen LogP contribution in [0.4, 0.5) is 10.5 Å². The summed E-state index contributed by atoms with van der Waals surface area (Å²) < 4.78 is 5.05. The molecule has 3 amide bonds. The smallest absolute Gasteiger partial charge is 0.319 e. The van der Waals surface area contributed by atoms with Gasteiger partial charge in [-0.3, -0.25) is 4.79 Å². The molecule has 1 fully saturated rings. The highest BCUT2D eigenvalue weighted by Gasteiger charge is 2.32. The van der Waals surface area contributed by atoms with Gasteiger partial charge in [0.2, 0.25) is 11.8 Å². The van der Waals surface area contributed by atoms with Gasteiger partial charge >= 0.3 is 6.03 Å². The fourth-order valence-corrected chi connectivity index (χ4v) is 2.45. The SMILES string of the molecule is COc1ncccc1NC(=O)N[C@@H]1CCC[C@H]1C(N)=O. The number of rotatable bonds is 4. The highest BCUT2D eigenvalue weighted by molar-refractivity contribution is 5.91. The number of nitrogens with two attached hydrogens (primary N) is 1. The number of hydrogen-bond donors (Lipinski definition) is 3. The molecular weight excluding hydrogens is 260 g/mol. The lowest BCUT2D eigenvalue weighted by molar-refractivity contribution is -0.122. The Balaban J connectivity index is 1.97. The summed E-state index contributed by atoms with van der Waals surface area (Å²) in [7, 11) is 1.48. The Labute approximate surface area is 116 Å². The summed E-state index contributed by atoms with van der Waals surface area (Å²) in [6, 6.07) is 2.77. The van der Waals surface area contributed by atoms with Crippen molar-refractivity contribution >= 4 is 17.6 Å². The van der Waals surface area contributed by atoms with Crippen LogP contribution in [-0.4, -0.2) is 30.1 Å². The second kappa shape index (κ2) is 6.23. The van der Waals surface area contributed by atoms with Gasteiger partial charge in [-0.05, 0) is 25.0 Å². The summed E-state index contributed by atoms with van der Waals surface area (Å²) in [6.45, 7) is 0. The minimum Gasteiger partial charge on any atom is -0.480 e. The van der Waals surface area contributed by atoms with Gasteiger partial charge in [-0.1, -0.05) is 6.42 Å². The van der Waals surface area contributed by atoms with Crippen molar-refractivity contribution in [1.29, 1.82) is 0 Å². The van der Waals surface area contributed by atoms with Crippen molar-refractivity contribution in [2.75, 3.05) is 12.4 Å². The maximum absolute atomic E-state index is 11.9. The Bertz CT molecular complexity index is 506. The summed E-state index contributed by atoms with van der Waals surface area (Å²) in [6.07, 6.45) is 3.93. The average molecular weight is 278 g/mol. The number of aromatic nitrogens is 1. The van der Waals surface area contributed by atoms with Crippen LogP contribution >= 0.6 is 0 Å². The highest BCUT2D eigenvalue weighted by Crippen LogP contribution is 2.25. The molecule has 1 aliphatic rings. The zero-order valence-electron chi connectivity index (χ0n) is 11.3. The van der Waals surface area contributed by atoms with E-state index in [1.165, 1.54) is 7.11 Å². The predicted octanol–water partition coefficient (Wildman–Crippen LogP) is 0.866. The van der Waals surface area contributed by atoms with Crippen molar-refractivity contribution in [2.24, 2.45) is 11.7 Å². The molecule has 108 valence electrons. The van der Waals surface area contributed by atoms with Gasteiger partial charge in [-0.15, -0.1) is 0 Å². The Morgan fingerprint density at radius 3 is 2.95 bits per heavy atom. The number of carbonyl (C=O) groups excluding carboxylic acids is 2. The van der Waals surface area contributed by atoms with Crippen LogP contribution in [0.5, 0.6) is 5.88 Å². The Kier molecular flexibility index (Phi) is 4.39. The van der Waals surface area contributed by atoms with Crippen LogP contribution in [0.25, 0.3) is 0 Å². The van der Waals surface area contributed by atoms with Gasteiger partial charge in [0.25, 0.3) is 0 Å². The molecule has 0 radical (unpaired) electrons. The third-order valence-electron chi connectivity index (χ3n) is 3.41. The number of methoxy groups -OCH3 is 1. The molecule has 1 heterocycles. The molecule has 2 atom stereocenters. The normalized spacial score (nSPS) is 21.2. The number of amides is 3. The molecule has 7 nitrogen and oxygen atoms in total. The molecule has 0 bridgehead atoms. The number of pyridine rings is 1. The van der Waals surface area contributed by atoms with Gasteiger partial charge in [0.15, 0.2) is 0 Å². The predicted molar refractivity (Wildman–Crippen MR) is 73.3 cm³/mol. The molecule has 1 aromatic heterocycles. The zero-order valence-corrected chi connectivity index (χ0v) is 11.3. The van der Waals surface area contributed by atoms with E-state index in [1.807, 2.05) is 0 Å². The first-order valence-corrected chi connectivity index (χ1v) is 6.47. The molecule has 0 spiro atoms. The van der Waals surface area contributed by atoms with Gasteiger partial charge in [0, 0.05) is 12.2 Å².